The van der Waals surface area contributed by atoms with Gasteiger partial charge in [0.2, 0.25) is 11.9 Å². The third-order valence-corrected chi connectivity index (χ3v) is 2.18. The van der Waals surface area contributed by atoms with Gasteiger partial charge in [-0.2, -0.15) is 4.98 Å². The molecule has 0 aliphatic carbocycles. The van der Waals surface area contributed by atoms with Crippen molar-refractivity contribution in [2.75, 3.05) is 17.2 Å². The monoisotopic (exact) mass is 196 g/mol. The number of anilines is 2. The van der Waals surface area contributed by atoms with Crippen molar-refractivity contribution in [3.63, 3.8) is 0 Å². The van der Waals surface area contributed by atoms with Crippen LogP contribution in [0.1, 0.15) is 6.42 Å². The molecule has 4 N–H and O–H groups in total. The van der Waals surface area contributed by atoms with Crippen molar-refractivity contribution in [2.24, 2.45) is 12.8 Å². The molecule has 0 spiro atoms. The van der Waals surface area contributed by atoms with Crippen LogP contribution >= 0.6 is 0 Å². The molecule has 1 atom stereocenters. The predicted molar refractivity (Wildman–Crippen MR) is 50.4 cm³/mol. The number of nitrogens with zero attached hydrogens (tertiary/aromatic N) is 4. The van der Waals surface area contributed by atoms with Crippen molar-refractivity contribution in [2.45, 2.75) is 12.5 Å². The zero-order valence-electron chi connectivity index (χ0n) is 7.84. The van der Waals surface area contributed by atoms with Crippen molar-refractivity contribution >= 4 is 17.8 Å². The molecule has 1 aliphatic heterocycles. The summed E-state index contributed by atoms with van der Waals surface area (Å²) in [5, 5.41) is 4.01. The number of nitrogen functional groups attached to an aromatic ring is 1. The van der Waals surface area contributed by atoms with E-state index in [-0.39, 0.29) is 17.9 Å². The van der Waals surface area contributed by atoms with Crippen LogP contribution in [0.3, 0.4) is 0 Å². The number of amides is 1. The van der Waals surface area contributed by atoms with E-state index in [1.165, 1.54) is 9.58 Å². The van der Waals surface area contributed by atoms with Gasteiger partial charge in [0.1, 0.15) is 0 Å². The highest BCUT2D eigenvalue weighted by Gasteiger charge is 2.30. The lowest BCUT2D eigenvalue weighted by Crippen LogP contribution is -2.28. The molecule has 0 bridgehead atoms. The van der Waals surface area contributed by atoms with Gasteiger partial charge in [0.25, 0.3) is 5.95 Å². The molecule has 7 heteroatoms. The number of carbonyl (C=O) groups is 1. The van der Waals surface area contributed by atoms with Gasteiger partial charge in [0.05, 0.1) is 0 Å². The van der Waals surface area contributed by atoms with E-state index in [4.69, 9.17) is 11.5 Å². The Morgan fingerprint density at radius 2 is 2.29 bits per heavy atom. The smallest absolute Gasteiger partial charge is 0.253 e. The van der Waals surface area contributed by atoms with E-state index in [1.54, 1.807) is 7.05 Å². The number of hydrogen-bond donors (Lipinski definition) is 2. The summed E-state index contributed by atoms with van der Waals surface area (Å²) < 4.78 is 1.42. The molecule has 1 fully saturated rings. The quantitative estimate of drug-likeness (QED) is 0.566. The molecule has 1 aromatic rings. The molecule has 0 aromatic carbocycles. The number of hydrogen-bond acceptors (Lipinski definition) is 5. The molecule has 0 radical (unpaired) electrons. The standard InChI is InChI=1S/C7H12N6O/c1-12-6(9)10-7(11-12)13-3-4(8)2-5(13)14/h4H,2-3,8H2,1H3,(H2,9,10,11). The molecule has 76 valence electrons. The Balaban J connectivity index is 2.27. The summed E-state index contributed by atoms with van der Waals surface area (Å²) in [6.07, 6.45) is 0.345. The second-order valence-corrected chi connectivity index (χ2v) is 3.36. The molecule has 2 rings (SSSR count). The summed E-state index contributed by atoms with van der Waals surface area (Å²) in [5.74, 6) is 0.569. The highest BCUT2D eigenvalue weighted by molar-refractivity contribution is 5.94. The van der Waals surface area contributed by atoms with Crippen molar-refractivity contribution in [3.05, 3.63) is 0 Å². The average molecular weight is 196 g/mol. The first-order valence-corrected chi connectivity index (χ1v) is 4.30. The minimum absolute atomic E-state index is 0.0527. The Hall–Kier alpha value is -1.63. The SMILES string of the molecule is Cn1nc(N2CC(N)CC2=O)nc1N. The van der Waals surface area contributed by atoms with Gasteiger partial charge in [-0.1, -0.05) is 0 Å². The summed E-state index contributed by atoms with van der Waals surface area (Å²) in [7, 11) is 1.67. The molecule has 1 aliphatic rings. The van der Waals surface area contributed by atoms with Gasteiger partial charge in [0.15, 0.2) is 0 Å². The molecule has 0 saturated carbocycles. The fraction of sp³-hybridized carbons (Fsp3) is 0.571. The van der Waals surface area contributed by atoms with E-state index in [1.807, 2.05) is 0 Å². The third-order valence-electron chi connectivity index (χ3n) is 2.18. The van der Waals surface area contributed by atoms with Crippen LogP contribution in [0.25, 0.3) is 0 Å². The van der Waals surface area contributed by atoms with E-state index >= 15 is 0 Å². The highest BCUT2D eigenvalue weighted by atomic mass is 16.2. The fourth-order valence-corrected chi connectivity index (χ4v) is 1.43. The van der Waals surface area contributed by atoms with E-state index < -0.39 is 0 Å². The van der Waals surface area contributed by atoms with Crippen LogP contribution in [0.5, 0.6) is 0 Å². The third kappa shape index (κ3) is 1.31. The van der Waals surface area contributed by atoms with Crippen LogP contribution in [-0.4, -0.2) is 33.3 Å². The normalized spacial score (nSPS) is 22.0. The summed E-state index contributed by atoms with van der Waals surface area (Å²) in [6, 6.07) is -0.132. The van der Waals surface area contributed by atoms with Crippen LogP contribution in [0.4, 0.5) is 11.9 Å². The molecule has 14 heavy (non-hydrogen) atoms. The Kier molecular flexibility index (Phi) is 1.88. The summed E-state index contributed by atoms with van der Waals surface area (Å²) in [4.78, 5) is 16.8. The Morgan fingerprint density at radius 3 is 2.71 bits per heavy atom. The largest absolute Gasteiger partial charge is 0.368 e. The lowest BCUT2D eigenvalue weighted by Gasteiger charge is -2.09. The maximum Gasteiger partial charge on any atom is 0.253 e. The maximum absolute atomic E-state index is 11.4. The van der Waals surface area contributed by atoms with Gasteiger partial charge in [-0.15, -0.1) is 5.10 Å². The number of rotatable bonds is 1. The predicted octanol–water partition coefficient (Wildman–Crippen LogP) is -1.54. The lowest BCUT2D eigenvalue weighted by atomic mass is 10.3. The summed E-state index contributed by atoms with van der Waals surface area (Å²) in [6.45, 7) is 0.461. The van der Waals surface area contributed by atoms with E-state index in [2.05, 4.69) is 10.1 Å². The van der Waals surface area contributed by atoms with E-state index in [9.17, 15) is 4.79 Å². The first kappa shape index (κ1) is 8.95. The van der Waals surface area contributed by atoms with E-state index in [0.29, 0.717) is 18.9 Å². The van der Waals surface area contributed by atoms with Gasteiger partial charge in [0, 0.05) is 26.1 Å². The zero-order valence-corrected chi connectivity index (χ0v) is 7.84. The van der Waals surface area contributed by atoms with E-state index in [0.717, 1.165) is 0 Å². The highest BCUT2D eigenvalue weighted by Crippen LogP contribution is 2.17. The van der Waals surface area contributed by atoms with Crippen molar-refractivity contribution in [1.82, 2.24) is 14.8 Å². The molecular weight excluding hydrogens is 184 g/mol. The minimum Gasteiger partial charge on any atom is -0.368 e. The molecular formula is C7H12N6O. The lowest BCUT2D eigenvalue weighted by molar-refractivity contribution is -0.117. The topological polar surface area (TPSA) is 103 Å². The van der Waals surface area contributed by atoms with Gasteiger partial charge >= 0.3 is 0 Å². The van der Waals surface area contributed by atoms with Crippen LogP contribution in [0, 0.1) is 0 Å². The van der Waals surface area contributed by atoms with Crippen molar-refractivity contribution in [3.8, 4) is 0 Å². The number of aromatic nitrogens is 3. The molecule has 7 nitrogen and oxygen atoms in total. The molecule has 1 aromatic heterocycles. The van der Waals surface area contributed by atoms with Crippen LogP contribution in [0.2, 0.25) is 0 Å². The number of nitrogens with two attached hydrogens (primary N) is 2. The van der Waals surface area contributed by atoms with Crippen LogP contribution < -0.4 is 16.4 Å². The maximum atomic E-state index is 11.4. The van der Waals surface area contributed by atoms with Crippen LogP contribution in [-0.2, 0) is 11.8 Å². The molecule has 1 unspecified atom stereocenters. The molecule has 1 amide bonds. The summed E-state index contributed by atoms with van der Waals surface area (Å²) >= 11 is 0. The fourth-order valence-electron chi connectivity index (χ4n) is 1.43. The zero-order chi connectivity index (χ0) is 10.3. The first-order valence-electron chi connectivity index (χ1n) is 4.30. The minimum atomic E-state index is -0.132. The van der Waals surface area contributed by atoms with Gasteiger partial charge in [-0.05, 0) is 0 Å². The van der Waals surface area contributed by atoms with Crippen molar-refractivity contribution in [1.29, 1.82) is 0 Å². The second kappa shape index (κ2) is 2.95. The average Bonchev–Trinajstić information content (AvgIpc) is 2.57. The molecule has 1 saturated heterocycles. The van der Waals surface area contributed by atoms with Gasteiger partial charge < -0.3 is 11.5 Å². The number of aryl methyl sites for hydroxylation is 1. The number of carbonyl (C=O) groups excluding carboxylic acids is 1. The van der Waals surface area contributed by atoms with Gasteiger partial charge in [-0.25, -0.2) is 4.68 Å². The Morgan fingerprint density at radius 1 is 1.57 bits per heavy atom. The first-order chi connectivity index (χ1) is 6.58. The Bertz CT molecular complexity index is 353. The second-order valence-electron chi connectivity index (χ2n) is 3.36. The Labute approximate surface area is 80.7 Å². The summed E-state index contributed by atoms with van der Waals surface area (Å²) in [5.41, 5.74) is 11.2. The van der Waals surface area contributed by atoms with Crippen molar-refractivity contribution < 1.29 is 4.79 Å². The molecule has 2 heterocycles. The van der Waals surface area contributed by atoms with Crippen LogP contribution in [0.15, 0.2) is 0 Å². The van der Waals surface area contributed by atoms with Gasteiger partial charge in [-0.3, -0.25) is 9.69 Å².